The highest BCUT2D eigenvalue weighted by Crippen LogP contribution is 2.56. The van der Waals surface area contributed by atoms with Crippen molar-refractivity contribution in [3.8, 4) is 0 Å². The highest BCUT2D eigenvalue weighted by Gasteiger charge is 2.49. The summed E-state index contributed by atoms with van der Waals surface area (Å²) in [6.45, 7) is 5.27. The van der Waals surface area contributed by atoms with Gasteiger partial charge in [-0.05, 0) is 74.3 Å². The van der Waals surface area contributed by atoms with Gasteiger partial charge in [0.25, 0.3) is 0 Å². The monoisotopic (exact) mass is 356 g/mol. The first-order valence-corrected chi connectivity index (χ1v) is 9.59. The fourth-order valence-electron chi connectivity index (χ4n) is 4.32. The predicted molar refractivity (Wildman–Crippen MR) is 98.1 cm³/mol. The second kappa shape index (κ2) is 10.1. The van der Waals surface area contributed by atoms with Crippen molar-refractivity contribution in [1.29, 1.82) is 0 Å². The van der Waals surface area contributed by atoms with Crippen LogP contribution in [0.1, 0.15) is 65.2 Å². The summed E-state index contributed by atoms with van der Waals surface area (Å²) in [7, 11) is 0. The minimum Gasteiger partial charge on any atom is -0.481 e. The maximum absolute atomic E-state index is 10.7. The molecule has 0 spiro atoms. The molecule has 0 aliphatic heterocycles. The van der Waals surface area contributed by atoms with Crippen LogP contribution in [0.4, 0.5) is 0 Å². The lowest BCUT2D eigenvalue weighted by Crippen LogP contribution is -2.30. The van der Waals surface area contributed by atoms with E-state index in [1.807, 2.05) is 0 Å². The van der Waals surface area contributed by atoms with E-state index in [1.165, 1.54) is 12.8 Å². The molecule has 0 aromatic heterocycles. The second-order valence-electron chi connectivity index (χ2n) is 8.23. The molecule has 2 saturated carbocycles. The molecule has 5 atom stereocenters. The number of carboxylic acids is 2. The Hall–Kier alpha value is -1.14. The number of carboxylic acid groups (broad SMARTS) is 2. The van der Waals surface area contributed by atoms with E-state index in [-0.39, 0.29) is 24.2 Å². The van der Waals surface area contributed by atoms with Crippen LogP contribution in [0.5, 0.6) is 0 Å². The van der Waals surface area contributed by atoms with E-state index in [0.29, 0.717) is 19.0 Å². The van der Waals surface area contributed by atoms with Gasteiger partial charge in [-0.3, -0.25) is 9.59 Å². The van der Waals surface area contributed by atoms with Crippen molar-refractivity contribution in [2.45, 2.75) is 65.2 Å². The van der Waals surface area contributed by atoms with Gasteiger partial charge in [0, 0.05) is 6.42 Å². The fourth-order valence-corrected chi connectivity index (χ4v) is 4.32. The van der Waals surface area contributed by atoms with Crippen LogP contribution in [0, 0.1) is 29.1 Å². The van der Waals surface area contributed by atoms with E-state index in [9.17, 15) is 9.59 Å². The lowest BCUT2D eigenvalue weighted by Gasteiger charge is -2.29. The summed E-state index contributed by atoms with van der Waals surface area (Å²) in [6.07, 6.45) is 7.21. The number of nitrogens with two attached hydrogens (primary N) is 2. The third kappa shape index (κ3) is 6.94. The molecular formula is C19H36N2O4. The Kier molecular flexibility index (Phi) is 8.86. The molecule has 2 fully saturated rings. The van der Waals surface area contributed by atoms with Crippen molar-refractivity contribution in [3.05, 3.63) is 0 Å². The molecule has 25 heavy (non-hydrogen) atoms. The van der Waals surface area contributed by atoms with Gasteiger partial charge in [-0.25, -0.2) is 0 Å². The summed E-state index contributed by atoms with van der Waals surface area (Å²) in [4.78, 5) is 21.1. The van der Waals surface area contributed by atoms with Gasteiger partial charge in [0.15, 0.2) is 0 Å². The third-order valence-corrected chi connectivity index (χ3v) is 6.15. The molecular weight excluding hydrogens is 320 g/mol. The molecule has 0 aromatic rings. The van der Waals surface area contributed by atoms with E-state index in [2.05, 4.69) is 13.8 Å². The summed E-state index contributed by atoms with van der Waals surface area (Å²) in [6, 6.07) is 0. The van der Waals surface area contributed by atoms with Gasteiger partial charge in [0.1, 0.15) is 0 Å². The first-order valence-electron chi connectivity index (χ1n) is 9.59. The molecule has 6 N–H and O–H groups in total. The van der Waals surface area contributed by atoms with Gasteiger partial charge in [-0.2, -0.15) is 0 Å². The van der Waals surface area contributed by atoms with E-state index in [0.717, 1.165) is 37.5 Å². The van der Waals surface area contributed by atoms with Gasteiger partial charge in [-0.15, -0.1) is 0 Å². The smallest absolute Gasteiger partial charge is 0.303 e. The minimum absolute atomic E-state index is 0.0579. The number of fused-ring (bicyclic) bond motifs is 1. The van der Waals surface area contributed by atoms with Crippen molar-refractivity contribution < 1.29 is 19.8 Å². The number of carbonyl (C=O) groups is 2. The van der Waals surface area contributed by atoms with Crippen LogP contribution in [-0.2, 0) is 9.59 Å². The average Bonchev–Trinajstić information content (AvgIpc) is 2.78. The summed E-state index contributed by atoms with van der Waals surface area (Å²) >= 11 is 0. The maximum Gasteiger partial charge on any atom is 0.303 e. The normalized spacial score (nSPS) is 29.6. The maximum atomic E-state index is 10.7. The summed E-state index contributed by atoms with van der Waals surface area (Å²) in [5.41, 5.74) is 11.1. The summed E-state index contributed by atoms with van der Waals surface area (Å²) in [5.74, 6) is 0.890. The Bertz CT molecular complexity index is 429. The van der Waals surface area contributed by atoms with Gasteiger partial charge in [0.2, 0.25) is 0 Å². The minimum atomic E-state index is -0.742. The molecule has 0 saturated heterocycles. The van der Waals surface area contributed by atoms with Crippen LogP contribution < -0.4 is 11.5 Å². The van der Waals surface area contributed by atoms with Crippen LogP contribution in [0.2, 0.25) is 0 Å². The van der Waals surface area contributed by atoms with Crippen molar-refractivity contribution in [2.24, 2.45) is 40.6 Å². The molecule has 6 nitrogen and oxygen atoms in total. The SMILES string of the molecule is CC[C@@H](C)C[C@H](CN)CC(=O)O.NC[C@@]1(CC(=O)O)C[C@H]2CC[C@H]2C1. The topological polar surface area (TPSA) is 127 Å². The molecule has 0 heterocycles. The van der Waals surface area contributed by atoms with Crippen LogP contribution in [0.15, 0.2) is 0 Å². The Balaban J connectivity index is 0.000000252. The second-order valence-corrected chi connectivity index (χ2v) is 8.23. The summed E-state index contributed by atoms with van der Waals surface area (Å²) in [5, 5.41) is 17.4. The van der Waals surface area contributed by atoms with Gasteiger partial charge >= 0.3 is 11.9 Å². The molecule has 0 bridgehead atoms. The Morgan fingerprint density at radius 1 is 1.12 bits per heavy atom. The first kappa shape index (κ1) is 21.9. The Morgan fingerprint density at radius 3 is 2.00 bits per heavy atom. The largest absolute Gasteiger partial charge is 0.481 e. The molecule has 146 valence electrons. The van der Waals surface area contributed by atoms with E-state index < -0.39 is 11.9 Å². The zero-order valence-electron chi connectivity index (χ0n) is 15.7. The molecule has 2 rings (SSSR count). The quantitative estimate of drug-likeness (QED) is 0.503. The average molecular weight is 357 g/mol. The van der Waals surface area contributed by atoms with Crippen molar-refractivity contribution >= 4 is 11.9 Å². The van der Waals surface area contributed by atoms with Crippen molar-refractivity contribution in [3.63, 3.8) is 0 Å². The third-order valence-electron chi connectivity index (χ3n) is 6.15. The highest BCUT2D eigenvalue weighted by molar-refractivity contribution is 5.68. The van der Waals surface area contributed by atoms with Gasteiger partial charge in [0.05, 0.1) is 6.42 Å². The van der Waals surface area contributed by atoms with E-state index in [4.69, 9.17) is 21.7 Å². The summed E-state index contributed by atoms with van der Waals surface area (Å²) < 4.78 is 0. The lowest BCUT2D eigenvalue weighted by molar-refractivity contribution is -0.140. The first-order chi connectivity index (χ1) is 11.7. The van der Waals surface area contributed by atoms with E-state index in [1.54, 1.807) is 0 Å². The van der Waals surface area contributed by atoms with Gasteiger partial charge in [-0.1, -0.05) is 20.3 Å². The molecule has 2 aliphatic carbocycles. The van der Waals surface area contributed by atoms with Gasteiger partial charge < -0.3 is 21.7 Å². The van der Waals surface area contributed by atoms with Crippen LogP contribution in [0.3, 0.4) is 0 Å². The molecule has 6 heteroatoms. The number of hydrogen-bond acceptors (Lipinski definition) is 4. The lowest BCUT2D eigenvalue weighted by atomic mass is 9.77. The number of hydrogen-bond donors (Lipinski definition) is 4. The Morgan fingerprint density at radius 2 is 1.68 bits per heavy atom. The van der Waals surface area contributed by atoms with Crippen molar-refractivity contribution in [1.82, 2.24) is 0 Å². The number of rotatable bonds is 9. The fraction of sp³-hybridized carbons (Fsp3) is 0.895. The predicted octanol–water partition coefficient (Wildman–Crippen LogP) is 2.70. The van der Waals surface area contributed by atoms with E-state index >= 15 is 0 Å². The van der Waals surface area contributed by atoms with Crippen LogP contribution in [0.25, 0.3) is 0 Å². The molecule has 0 radical (unpaired) electrons. The van der Waals surface area contributed by atoms with Crippen LogP contribution >= 0.6 is 0 Å². The molecule has 0 aromatic carbocycles. The van der Waals surface area contributed by atoms with Crippen LogP contribution in [-0.4, -0.2) is 35.2 Å². The standard InChI is InChI=1S/C10H17NO2.C9H19NO2/c11-6-10(5-9(12)13)3-7-1-2-8(7)4-10;1-3-7(2)4-8(6-10)5-9(11)12/h7-8H,1-6,11H2,(H,12,13);7-8H,3-6,10H2,1-2H3,(H,11,12)/t7-,8+,10+;7-,8+/m.1/s1. The zero-order chi connectivity index (χ0) is 19.0. The zero-order valence-corrected chi connectivity index (χ0v) is 15.7. The Labute approximate surface area is 151 Å². The van der Waals surface area contributed by atoms with Crippen molar-refractivity contribution in [2.75, 3.05) is 13.1 Å². The molecule has 0 unspecified atom stereocenters. The highest BCUT2D eigenvalue weighted by atomic mass is 16.4. The molecule has 0 amide bonds. The number of aliphatic carboxylic acids is 2. The molecule has 2 aliphatic rings.